The second-order valence-electron chi connectivity index (χ2n) is 4.31. The van der Waals surface area contributed by atoms with E-state index in [1.807, 2.05) is 13.8 Å². The first kappa shape index (κ1) is 16.7. The summed E-state index contributed by atoms with van der Waals surface area (Å²) in [6, 6.07) is -0.247. The number of hydrogen-bond donors (Lipinski definition) is 3. The van der Waals surface area contributed by atoms with Crippen LogP contribution in [0.5, 0.6) is 0 Å². The Hall–Kier alpha value is -1.30. The first-order valence-electron chi connectivity index (χ1n) is 6.35. The van der Waals surface area contributed by atoms with Gasteiger partial charge in [-0.25, -0.2) is 4.79 Å². The number of hydrogen-bond acceptors (Lipinski definition) is 3. The largest absolute Gasteiger partial charge is 0.481 e. The van der Waals surface area contributed by atoms with Crippen LogP contribution >= 0.6 is 0 Å². The number of amides is 2. The highest BCUT2D eigenvalue weighted by atomic mass is 16.4. The van der Waals surface area contributed by atoms with Gasteiger partial charge in [0.1, 0.15) is 0 Å². The molecule has 0 saturated heterocycles. The van der Waals surface area contributed by atoms with Gasteiger partial charge in [0, 0.05) is 19.1 Å². The molecule has 3 N–H and O–H groups in total. The third kappa shape index (κ3) is 5.35. The fourth-order valence-electron chi connectivity index (χ4n) is 1.72. The standard InChI is InChI=1S/C12H24N2O4/c1-4-10(5-2)14(6-7-15)12(18)13-8-9(3)11(16)17/h9-10,15H,4-8H2,1-3H3,(H,13,18)(H,16,17). The van der Waals surface area contributed by atoms with E-state index in [-0.39, 0.29) is 31.8 Å². The van der Waals surface area contributed by atoms with Gasteiger partial charge in [-0.05, 0) is 12.8 Å². The van der Waals surface area contributed by atoms with Crippen LogP contribution < -0.4 is 5.32 Å². The van der Waals surface area contributed by atoms with Crippen molar-refractivity contribution >= 4 is 12.0 Å². The summed E-state index contributed by atoms with van der Waals surface area (Å²) in [5.41, 5.74) is 0. The minimum Gasteiger partial charge on any atom is -0.481 e. The first-order valence-corrected chi connectivity index (χ1v) is 6.35. The Balaban J connectivity index is 4.42. The second-order valence-corrected chi connectivity index (χ2v) is 4.31. The monoisotopic (exact) mass is 260 g/mol. The van der Waals surface area contributed by atoms with Crippen LogP contribution in [0.1, 0.15) is 33.6 Å². The average molecular weight is 260 g/mol. The molecule has 18 heavy (non-hydrogen) atoms. The van der Waals surface area contributed by atoms with Gasteiger partial charge in [0.25, 0.3) is 0 Å². The summed E-state index contributed by atoms with van der Waals surface area (Å²) in [7, 11) is 0. The van der Waals surface area contributed by atoms with Crippen LogP contribution in [0.2, 0.25) is 0 Å². The molecule has 0 bridgehead atoms. The zero-order chi connectivity index (χ0) is 14.1. The molecule has 0 radical (unpaired) electrons. The van der Waals surface area contributed by atoms with Crippen molar-refractivity contribution in [3.8, 4) is 0 Å². The van der Waals surface area contributed by atoms with Crippen LogP contribution in [0.15, 0.2) is 0 Å². The number of carbonyl (C=O) groups excluding carboxylic acids is 1. The van der Waals surface area contributed by atoms with Crippen LogP contribution in [-0.4, -0.2) is 52.9 Å². The van der Waals surface area contributed by atoms with Crippen molar-refractivity contribution < 1.29 is 19.8 Å². The summed E-state index contributed by atoms with van der Waals surface area (Å²) in [4.78, 5) is 24.1. The SMILES string of the molecule is CCC(CC)N(CCO)C(=O)NCC(C)C(=O)O. The number of aliphatic hydroxyl groups excluding tert-OH is 1. The zero-order valence-electron chi connectivity index (χ0n) is 11.3. The minimum atomic E-state index is -0.938. The van der Waals surface area contributed by atoms with Gasteiger partial charge in [0.15, 0.2) is 0 Å². The lowest BCUT2D eigenvalue weighted by Crippen LogP contribution is -2.48. The molecule has 0 spiro atoms. The topological polar surface area (TPSA) is 89.9 Å². The smallest absolute Gasteiger partial charge is 0.317 e. The number of nitrogens with zero attached hydrogens (tertiary/aromatic N) is 1. The fraction of sp³-hybridized carbons (Fsp3) is 0.833. The van der Waals surface area contributed by atoms with Crippen molar-refractivity contribution in [3.05, 3.63) is 0 Å². The number of aliphatic hydroxyl groups is 1. The van der Waals surface area contributed by atoms with Gasteiger partial charge in [-0.2, -0.15) is 0 Å². The predicted molar refractivity (Wildman–Crippen MR) is 68.4 cm³/mol. The Morgan fingerprint density at radius 2 is 1.83 bits per heavy atom. The molecule has 1 atom stereocenters. The van der Waals surface area contributed by atoms with E-state index in [1.165, 1.54) is 6.92 Å². The first-order chi connectivity index (χ1) is 8.47. The lowest BCUT2D eigenvalue weighted by molar-refractivity contribution is -0.140. The molecule has 6 heteroatoms. The highest BCUT2D eigenvalue weighted by Crippen LogP contribution is 2.08. The molecule has 0 aromatic rings. The maximum atomic E-state index is 11.9. The second kappa shape index (κ2) is 8.74. The Kier molecular flexibility index (Phi) is 8.11. The molecule has 106 valence electrons. The molecule has 1 unspecified atom stereocenters. The van der Waals surface area contributed by atoms with E-state index in [9.17, 15) is 9.59 Å². The lowest BCUT2D eigenvalue weighted by atomic mass is 10.1. The molecule has 0 saturated carbocycles. The Morgan fingerprint density at radius 3 is 2.22 bits per heavy atom. The Labute approximate surface area is 108 Å². The fourth-order valence-corrected chi connectivity index (χ4v) is 1.72. The van der Waals surface area contributed by atoms with Gasteiger partial charge in [-0.1, -0.05) is 20.8 Å². The number of rotatable bonds is 8. The predicted octanol–water partition coefficient (Wildman–Crippen LogP) is 0.900. The van der Waals surface area contributed by atoms with E-state index in [0.29, 0.717) is 0 Å². The molecular formula is C12H24N2O4. The van der Waals surface area contributed by atoms with Crippen LogP contribution in [-0.2, 0) is 4.79 Å². The maximum absolute atomic E-state index is 11.9. The quantitative estimate of drug-likeness (QED) is 0.605. The van der Waals surface area contributed by atoms with Crippen LogP contribution in [0.3, 0.4) is 0 Å². The van der Waals surface area contributed by atoms with Crippen molar-refractivity contribution in [2.45, 2.75) is 39.7 Å². The maximum Gasteiger partial charge on any atom is 0.317 e. The highest BCUT2D eigenvalue weighted by Gasteiger charge is 2.21. The zero-order valence-corrected chi connectivity index (χ0v) is 11.3. The number of aliphatic carboxylic acids is 1. The van der Waals surface area contributed by atoms with E-state index >= 15 is 0 Å². The van der Waals surface area contributed by atoms with E-state index in [2.05, 4.69) is 5.32 Å². The summed E-state index contributed by atoms with van der Waals surface area (Å²) in [5, 5.41) is 20.3. The number of urea groups is 1. The molecule has 0 rings (SSSR count). The van der Waals surface area contributed by atoms with Crippen LogP contribution in [0.25, 0.3) is 0 Å². The molecule has 0 aromatic carbocycles. The molecule has 0 aromatic heterocycles. The third-order valence-electron chi connectivity index (χ3n) is 2.97. The van der Waals surface area contributed by atoms with Crippen molar-refractivity contribution in [2.24, 2.45) is 5.92 Å². The normalized spacial score (nSPS) is 12.3. The van der Waals surface area contributed by atoms with E-state index in [4.69, 9.17) is 10.2 Å². The molecule has 2 amide bonds. The number of carboxylic acids is 1. The Morgan fingerprint density at radius 1 is 1.28 bits per heavy atom. The van der Waals surface area contributed by atoms with Gasteiger partial charge in [0.05, 0.1) is 12.5 Å². The van der Waals surface area contributed by atoms with Crippen molar-refractivity contribution in [3.63, 3.8) is 0 Å². The van der Waals surface area contributed by atoms with E-state index in [0.717, 1.165) is 12.8 Å². The molecular weight excluding hydrogens is 236 g/mol. The molecule has 0 aliphatic rings. The minimum absolute atomic E-state index is 0.0669. The van der Waals surface area contributed by atoms with Crippen LogP contribution in [0, 0.1) is 5.92 Å². The molecule has 0 aliphatic carbocycles. The van der Waals surface area contributed by atoms with E-state index < -0.39 is 11.9 Å². The number of carboxylic acid groups (broad SMARTS) is 1. The molecule has 6 nitrogen and oxygen atoms in total. The average Bonchev–Trinajstić information content (AvgIpc) is 2.35. The summed E-state index contributed by atoms with van der Waals surface area (Å²) >= 11 is 0. The number of carbonyl (C=O) groups is 2. The highest BCUT2D eigenvalue weighted by molar-refractivity contribution is 5.76. The summed E-state index contributed by atoms with van der Waals surface area (Å²) in [6.07, 6.45) is 1.61. The van der Waals surface area contributed by atoms with Crippen molar-refractivity contribution in [2.75, 3.05) is 19.7 Å². The molecule has 0 heterocycles. The van der Waals surface area contributed by atoms with Gasteiger partial charge in [-0.15, -0.1) is 0 Å². The van der Waals surface area contributed by atoms with Gasteiger partial charge >= 0.3 is 12.0 Å². The lowest BCUT2D eigenvalue weighted by Gasteiger charge is -2.30. The summed E-state index contributed by atoms with van der Waals surface area (Å²) < 4.78 is 0. The van der Waals surface area contributed by atoms with Crippen molar-refractivity contribution in [1.29, 1.82) is 0 Å². The Bertz CT molecular complexity index is 267. The van der Waals surface area contributed by atoms with Gasteiger partial charge in [0.2, 0.25) is 0 Å². The van der Waals surface area contributed by atoms with Crippen LogP contribution in [0.4, 0.5) is 4.79 Å². The third-order valence-corrected chi connectivity index (χ3v) is 2.97. The van der Waals surface area contributed by atoms with Crippen molar-refractivity contribution in [1.82, 2.24) is 10.2 Å². The van der Waals surface area contributed by atoms with Gasteiger partial charge in [-0.3, -0.25) is 4.79 Å². The molecule has 0 aliphatic heterocycles. The summed E-state index contributed by atoms with van der Waals surface area (Å²) in [6.45, 7) is 5.75. The number of nitrogens with one attached hydrogen (secondary N) is 1. The van der Waals surface area contributed by atoms with E-state index in [1.54, 1.807) is 4.90 Å². The summed E-state index contributed by atoms with van der Waals surface area (Å²) in [5.74, 6) is -1.56. The molecule has 0 fully saturated rings. The van der Waals surface area contributed by atoms with Gasteiger partial charge < -0.3 is 20.4 Å².